The van der Waals surface area contributed by atoms with Gasteiger partial charge in [-0.2, -0.15) is 4.98 Å². The van der Waals surface area contributed by atoms with Crippen LogP contribution >= 0.6 is 0 Å². The fraction of sp³-hybridized carbons (Fsp3) is 0.267. The molecule has 2 aromatic heterocycles. The Bertz CT molecular complexity index is 911. The number of hydrogen-bond acceptors (Lipinski definition) is 6. The van der Waals surface area contributed by atoms with Gasteiger partial charge in [-0.1, -0.05) is 18.2 Å². The van der Waals surface area contributed by atoms with Crippen LogP contribution in [0.2, 0.25) is 0 Å². The van der Waals surface area contributed by atoms with Crippen LogP contribution < -0.4 is 16.2 Å². The lowest BCUT2D eigenvalue weighted by Gasteiger charge is -2.19. The molecule has 0 radical (unpaired) electrons. The van der Waals surface area contributed by atoms with E-state index in [0.717, 1.165) is 5.39 Å². The highest BCUT2D eigenvalue weighted by Gasteiger charge is 2.24. The Morgan fingerprint density at radius 3 is 2.70 bits per heavy atom. The summed E-state index contributed by atoms with van der Waals surface area (Å²) >= 11 is 0. The zero-order valence-corrected chi connectivity index (χ0v) is 12.8. The molecule has 0 aliphatic rings. The van der Waals surface area contributed by atoms with Crippen LogP contribution in [0.1, 0.15) is 13.8 Å². The number of para-hydroxylation sites is 1. The molecule has 0 atom stereocenters. The van der Waals surface area contributed by atoms with Crippen molar-refractivity contribution >= 4 is 33.8 Å². The number of benzene rings is 1. The highest BCUT2D eigenvalue weighted by Crippen LogP contribution is 2.32. The standard InChI is InChI=1S/C15H17N5O3/c1-15(2,22)7-20-11-8-5-3-4-6-9(8)18-12(16)10(11)19-14(20)23-13(17)21/h3-6,22H,7H2,1-2H3,(H2,16,18)(H2,17,21). The number of nitrogens with two attached hydrogens (primary N) is 2. The van der Waals surface area contributed by atoms with Crippen molar-refractivity contribution in [1.29, 1.82) is 0 Å². The third-order valence-electron chi connectivity index (χ3n) is 3.31. The predicted octanol–water partition coefficient (Wildman–Crippen LogP) is 1.40. The van der Waals surface area contributed by atoms with Crippen molar-refractivity contribution in [2.75, 3.05) is 5.73 Å². The number of primary amides is 1. The van der Waals surface area contributed by atoms with E-state index in [1.54, 1.807) is 18.4 Å². The van der Waals surface area contributed by atoms with Crippen LogP contribution in [-0.2, 0) is 6.54 Å². The van der Waals surface area contributed by atoms with Crippen molar-refractivity contribution in [2.45, 2.75) is 26.0 Å². The van der Waals surface area contributed by atoms with Crippen LogP contribution in [0.25, 0.3) is 21.9 Å². The van der Waals surface area contributed by atoms with Crippen LogP contribution in [-0.4, -0.2) is 31.3 Å². The number of amides is 1. The number of hydrogen-bond donors (Lipinski definition) is 3. The van der Waals surface area contributed by atoms with Gasteiger partial charge >= 0.3 is 12.1 Å². The Kier molecular flexibility index (Phi) is 3.33. The number of nitrogens with zero attached hydrogens (tertiary/aromatic N) is 3. The van der Waals surface area contributed by atoms with E-state index in [4.69, 9.17) is 16.2 Å². The average molecular weight is 315 g/mol. The van der Waals surface area contributed by atoms with Gasteiger partial charge in [0.1, 0.15) is 5.52 Å². The average Bonchev–Trinajstić information content (AvgIpc) is 2.76. The quantitative estimate of drug-likeness (QED) is 0.670. The van der Waals surface area contributed by atoms with E-state index < -0.39 is 11.7 Å². The number of pyridine rings is 1. The van der Waals surface area contributed by atoms with Gasteiger partial charge in [0.05, 0.1) is 23.2 Å². The molecule has 0 fully saturated rings. The molecule has 0 spiro atoms. The number of fused-ring (bicyclic) bond motifs is 3. The number of anilines is 1. The molecule has 1 amide bonds. The number of imidazole rings is 1. The number of carbonyl (C=O) groups is 1. The summed E-state index contributed by atoms with van der Waals surface area (Å²) in [5, 5.41) is 11.0. The number of rotatable bonds is 3. The Balaban J connectivity index is 2.39. The van der Waals surface area contributed by atoms with Gasteiger partial charge in [0.2, 0.25) is 0 Å². The fourth-order valence-electron chi connectivity index (χ4n) is 2.54. The Morgan fingerprint density at radius 2 is 2.04 bits per heavy atom. The van der Waals surface area contributed by atoms with Crippen molar-refractivity contribution in [3.05, 3.63) is 24.3 Å². The summed E-state index contributed by atoms with van der Waals surface area (Å²) < 4.78 is 6.56. The Labute approximate surface area is 131 Å². The summed E-state index contributed by atoms with van der Waals surface area (Å²) in [6.45, 7) is 3.42. The van der Waals surface area contributed by atoms with Crippen molar-refractivity contribution in [3.63, 3.8) is 0 Å². The maximum atomic E-state index is 11.1. The monoisotopic (exact) mass is 315 g/mol. The van der Waals surface area contributed by atoms with E-state index in [9.17, 15) is 9.90 Å². The van der Waals surface area contributed by atoms with Gasteiger partial charge in [-0.05, 0) is 19.9 Å². The van der Waals surface area contributed by atoms with Gasteiger partial charge in [-0.25, -0.2) is 9.78 Å². The molecule has 1 aromatic carbocycles. The zero-order chi connectivity index (χ0) is 16.8. The molecule has 23 heavy (non-hydrogen) atoms. The predicted molar refractivity (Wildman–Crippen MR) is 86.0 cm³/mol. The van der Waals surface area contributed by atoms with E-state index in [1.165, 1.54) is 0 Å². The first kappa shape index (κ1) is 15.0. The van der Waals surface area contributed by atoms with Crippen LogP contribution in [0, 0.1) is 0 Å². The molecule has 0 saturated carbocycles. The van der Waals surface area contributed by atoms with Crippen molar-refractivity contribution in [3.8, 4) is 6.01 Å². The summed E-state index contributed by atoms with van der Waals surface area (Å²) in [5.41, 5.74) is 11.7. The van der Waals surface area contributed by atoms with E-state index in [1.807, 2.05) is 24.3 Å². The van der Waals surface area contributed by atoms with E-state index in [0.29, 0.717) is 16.6 Å². The molecule has 120 valence electrons. The summed E-state index contributed by atoms with van der Waals surface area (Å²) in [5.74, 6) is 0.211. The highest BCUT2D eigenvalue weighted by molar-refractivity contribution is 6.06. The molecular formula is C15H17N5O3. The number of aromatic nitrogens is 3. The molecule has 0 bridgehead atoms. The lowest BCUT2D eigenvalue weighted by Crippen LogP contribution is -2.27. The molecule has 0 unspecified atom stereocenters. The topological polar surface area (TPSA) is 129 Å². The molecule has 5 N–H and O–H groups in total. The van der Waals surface area contributed by atoms with Gasteiger partial charge in [0.25, 0.3) is 0 Å². The first-order chi connectivity index (χ1) is 10.8. The SMILES string of the molecule is CC(C)(O)Cn1c(OC(N)=O)nc2c(N)nc3ccccc3c21. The Morgan fingerprint density at radius 1 is 1.35 bits per heavy atom. The zero-order valence-electron chi connectivity index (χ0n) is 12.8. The molecule has 2 heterocycles. The first-order valence-corrected chi connectivity index (χ1v) is 7.00. The number of ether oxygens (including phenoxy) is 1. The molecule has 8 nitrogen and oxygen atoms in total. The van der Waals surface area contributed by atoms with Crippen LogP contribution in [0.3, 0.4) is 0 Å². The van der Waals surface area contributed by atoms with Crippen LogP contribution in [0.15, 0.2) is 24.3 Å². The van der Waals surface area contributed by atoms with Gasteiger partial charge in [0, 0.05) is 5.39 Å². The van der Waals surface area contributed by atoms with E-state index in [2.05, 4.69) is 9.97 Å². The summed E-state index contributed by atoms with van der Waals surface area (Å²) in [4.78, 5) is 19.7. The molecule has 0 aliphatic carbocycles. The van der Waals surface area contributed by atoms with Crippen molar-refractivity contribution in [1.82, 2.24) is 14.5 Å². The molecule has 0 saturated heterocycles. The number of carbonyl (C=O) groups excluding carboxylic acids is 1. The lowest BCUT2D eigenvalue weighted by atomic mass is 10.1. The second kappa shape index (κ2) is 5.10. The largest absolute Gasteiger partial charge is 0.412 e. The van der Waals surface area contributed by atoms with E-state index in [-0.39, 0.29) is 18.4 Å². The number of aliphatic hydroxyl groups is 1. The molecule has 0 aliphatic heterocycles. The second-order valence-electron chi connectivity index (χ2n) is 5.93. The van der Waals surface area contributed by atoms with Gasteiger partial charge in [-0.3, -0.25) is 4.57 Å². The maximum absolute atomic E-state index is 11.1. The van der Waals surface area contributed by atoms with E-state index >= 15 is 0 Å². The van der Waals surface area contributed by atoms with Gasteiger partial charge in [0.15, 0.2) is 5.82 Å². The minimum atomic E-state index is -1.07. The lowest BCUT2D eigenvalue weighted by molar-refractivity contribution is 0.0603. The smallest absolute Gasteiger partial charge is 0.389 e. The molecule has 8 heteroatoms. The van der Waals surface area contributed by atoms with Gasteiger partial charge < -0.3 is 21.3 Å². The first-order valence-electron chi connectivity index (χ1n) is 7.00. The van der Waals surface area contributed by atoms with Crippen molar-refractivity contribution < 1.29 is 14.6 Å². The fourth-order valence-corrected chi connectivity index (χ4v) is 2.54. The minimum absolute atomic E-state index is 0.0283. The van der Waals surface area contributed by atoms with Crippen LogP contribution in [0.4, 0.5) is 10.6 Å². The molecule has 3 rings (SSSR count). The normalized spacial score (nSPS) is 12.0. The van der Waals surface area contributed by atoms with Crippen molar-refractivity contribution in [2.24, 2.45) is 5.73 Å². The Hall–Kier alpha value is -2.87. The minimum Gasteiger partial charge on any atom is -0.389 e. The summed E-state index contributed by atoms with van der Waals surface area (Å²) in [7, 11) is 0. The third kappa shape index (κ3) is 2.76. The van der Waals surface area contributed by atoms with Gasteiger partial charge in [-0.15, -0.1) is 0 Å². The summed E-state index contributed by atoms with van der Waals surface area (Å²) in [6.07, 6.45) is -0.992. The highest BCUT2D eigenvalue weighted by atomic mass is 16.6. The van der Waals surface area contributed by atoms with Crippen LogP contribution in [0.5, 0.6) is 6.01 Å². The molecule has 3 aromatic rings. The molecular weight excluding hydrogens is 298 g/mol. The third-order valence-corrected chi connectivity index (χ3v) is 3.31. The second-order valence-corrected chi connectivity index (χ2v) is 5.93. The summed E-state index contributed by atoms with van der Waals surface area (Å²) in [6, 6.07) is 7.36. The maximum Gasteiger partial charge on any atom is 0.412 e. The number of nitrogen functional groups attached to an aromatic ring is 1.